The van der Waals surface area contributed by atoms with E-state index < -0.39 is 0 Å². The number of aryl methyl sites for hydroxylation is 1. The minimum Gasteiger partial charge on any atom is -0.354 e. The van der Waals surface area contributed by atoms with Gasteiger partial charge in [-0.25, -0.2) is 0 Å². The maximum atomic E-state index is 5.65. The van der Waals surface area contributed by atoms with Crippen molar-refractivity contribution in [1.29, 1.82) is 0 Å². The van der Waals surface area contributed by atoms with Crippen molar-refractivity contribution in [3.8, 4) is 11.3 Å². The molecule has 1 aliphatic rings. The summed E-state index contributed by atoms with van der Waals surface area (Å²) in [6.45, 7) is 1.55. The molecule has 112 valence electrons. The minimum absolute atomic E-state index is 0.416. The van der Waals surface area contributed by atoms with Crippen LogP contribution in [0.3, 0.4) is 0 Å². The fourth-order valence-corrected chi connectivity index (χ4v) is 3.65. The van der Waals surface area contributed by atoms with Crippen LogP contribution < -0.4 is 11.1 Å². The molecule has 3 nitrogen and oxygen atoms in total. The van der Waals surface area contributed by atoms with Gasteiger partial charge < -0.3 is 16.0 Å². The van der Waals surface area contributed by atoms with Crippen molar-refractivity contribution in [2.45, 2.75) is 18.9 Å². The highest BCUT2D eigenvalue weighted by atomic mass is 14.9. The second-order valence-electron chi connectivity index (χ2n) is 5.95. The van der Waals surface area contributed by atoms with Crippen LogP contribution in [0.25, 0.3) is 22.2 Å². The maximum absolute atomic E-state index is 5.65. The SMILES string of the molecule is NCCNC1CCc2c(-c3ccccc3)[nH]c3cccc1c23. The molecule has 1 atom stereocenters. The van der Waals surface area contributed by atoms with Gasteiger partial charge in [0.15, 0.2) is 0 Å². The van der Waals surface area contributed by atoms with Crippen LogP contribution in [-0.2, 0) is 6.42 Å². The molecule has 1 unspecified atom stereocenters. The van der Waals surface area contributed by atoms with Gasteiger partial charge in [0.1, 0.15) is 0 Å². The lowest BCUT2D eigenvalue weighted by atomic mass is 9.87. The van der Waals surface area contributed by atoms with E-state index in [0.717, 1.165) is 19.4 Å². The number of aromatic nitrogens is 1. The predicted molar refractivity (Wildman–Crippen MR) is 91.9 cm³/mol. The van der Waals surface area contributed by atoms with Gasteiger partial charge in [0, 0.05) is 35.7 Å². The van der Waals surface area contributed by atoms with Gasteiger partial charge in [0.25, 0.3) is 0 Å². The fourth-order valence-electron chi connectivity index (χ4n) is 3.65. The molecule has 3 heteroatoms. The Morgan fingerprint density at radius 2 is 1.95 bits per heavy atom. The molecule has 0 amide bonds. The predicted octanol–water partition coefficient (Wildman–Crippen LogP) is 3.37. The van der Waals surface area contributed by atoms with Crippen LogP contribution in [-0.4, -0.2) is 18.1 Å². The molecule has 0 saturated carbocycles. The smallest absolute Gasteiger partial charge is 0.0497 e. The maximum Gasteiger partial charge on any atom is 0.0497 e. The summed E-state index contributed by atoms with van der Waals surface area (Å²) in [4.78, 5) is 3.64. The summed E-state index contributed by atoms with van der Waals surface area (Å²) in [5.74, 6) is 0. The Kier molecular flexibility index (Phi) is 3.45. The molecule has 0 fully saturated rings. The van der Waals surface area contributed by atoms with Gasteiger partial charge in [-0.3, -0.25) is 0 Å². The van der Waals surface area contributed by atoms with Crippen LogP contribution in [0.15, 0.2) is 48.5 Å². The van der Waals surface area contributed by atoms with E-state index in [-0.39, 0.29) is 0 Å². The summed E-state index contributed by atoms with van der Waals surface area (Å²) >= 11 is 0. The number of hydrogen-bond donors (Lipinski definition) is 3. The van der Waals surface area contributed by atoms with E-state index in [1.165, 1.54) is 33.3 Å². The fraction of sp³-hybridized carbons (Fsp3) is 0.263. The van der Waals surface area contributed by atoms with Crippen molar-refractivity contribution in [2.75, 3.05) is 13.1 Å². The highest BCUT2D eigenvalue weighted by Gasteiger charge is 2.25. The first-order chi connectivity index (χ1) is 10.9. The Morgan fingerprint density at radius 1 is 1.09 bits per heavy atom. The molecular formula is C19H21N3. The second kappa shape index (κ2) is 5.59. The average molecular weight is 291 g/mol. The van der Waals surface area contributed by atoms with Crippen molar-refractivity contribution in [1.82, 2.24) is 10.3 Å². The zero-order valence-corrected chi connectivity index (χ0v) is 12.6. The summed E-state index contributed by atoms with van der Waals surface area (Å²) in [5.41, 5.74) is 12.3. The number of rotatable bonds is 4. The van der Waals surface area contributed by atoms with E-state index in [0.29, 0.717) is 12.6 Å². The topological polar surface area (TPSA) is 53.8 Å². The molecule has 0 spiro atoms. The average Bonchev–Trinajstić information content (AvgIpc) is 2.96. The number of nitrogens with one attached hydrogen (secondary N) is 2. The van der Waals surface area contributed by atoms with Crippen molar-refractivity contribution in [2.24, 2.45) is 5.73 Å². The molecule has 22 heavy (non-hydrogen) atoms. The van der Waals surface area contributed by atoms with Crippen LogP contribution in [0, 0.1) is 0 Å². The van der Waals surface area contributed by atoms with Crippen LogP contribution in [0.2, 0.25) is 0 Å². The van der Waals surface area contributed by atoms with Gasteiger partial charge in [0.05, 0.1) is 0 Å². The van der Waals surface area contributed by atoms with Gasteiger partial charge in [-0.15, -0.1) is 0 Å². The summed E-state index contributed by atoms with van der Waals surface area (Å²) in [5, 5.41) is 4.99. The zero-order valence-electron chi connectivity index (χ0n) is 12.6. The standard InChI is InChI=1S/C19H21N3/c20-11-12-21-16-10-9-15-18-14(16)7-4-8-17(18)22-19(15)13-5-2-1-3-6-13/h1-8,16,21-22H,9-12,20H2. The molecule has 1 heterocycles. The van der Waals surface area contributed by atoms with E-state index >= 15 is 0 Å². The van der Waals surface area contributed by atoms with E-state index in [9.17, 15) is 0 Å². The van der Waals surface area contributed by atoms with Crippen molar-refractivity contribution < 1.29 is 0 Å². The van der Waals surface area contributed by atoms with Crippen LogP contribution >= 0.6 is 0 Å². The number of aromatic amines is 1. The van der Waals surface area contributed by atoms with E-state index in [1.54, 1.807) is 0 Å². The van der Waals surface area contributed by atoms with Gasteiger partial charge >= 0.3 is 0 Å². The first kappa shape index (κ1) is 13.6. The summed E-state index contributed by atoms with van der Waals surface area (Å²) in [6, 6.07) is 17.6. The van der Waals surface area contributed by atoms with E-state index in [1.807, 2.05) is 0 Å². The molecule has 0 aliphatic heterocycles. The number of H-pyrrole nitrogens is 1. The number of hydrogen-bond acceptors (Lipinski definition) is 2. The van der Waals surface area contributed by atoms with Crippen LogP contribution in [0.5, 0.6) is 0 Å². The molecule has 3 aromatic rings. The van der Waals surface area contributed by atoms with Gasteiger partial charge in [-0.2, -0.15) is 0 Å². The third-order valence-corrected chi connectivity index (χ3v) is 4.62. The lowest BCUT2D eigenvalue weighted by Crippen LogP contribution is -2.29. The van der Waals surface area contributed by atoms with Crippen LogP contribution in [0.4, 0.5) is 0 Å². The first-order valence-electron chi connectivity index (χ1n) is 8.01. The number of nitrogens with two attached hydrogens (primary N) is 1. The first-order valence-corrected chi connectivity index (χ1v) is 8.01. The Labute approximate surface area is 130 Å². The highest BCUT2D eigenvalue weighted by molar-refractivity contribution is 5.94. The lowest BCUT2D eigenvalue weighted by Gasteiger charge is -2.25. The van der Waals surface area contributed by atoms with Gasteiger partial charge in [0.2, 0.25) is 0 Å². The quantitative estimate of drug-likeness (QED) is 0.690. The zero-order chi connectivity index (χ0) is 14.9. The number of benzene rings is 2. The summed E-state index contributed by atoms with van der Waals surface area (Å²) in [6.07, 6.45) is 2.23. The highest BCUT2D eigenvalue weighted by Crippen LogP contribution is 2.40. The van der Waals surface area contributed by atoms with Gasteiger partial charge in [-0.05, 0) is 35.6 Å². The molecule has 1 aliphatic carbocycles. The Morgan fingerprint density at radius 3 is 2.77 bits per heavy atom. The van der Waals surface area contributed by atoms with Crippen molar-refractivity contribution >= 4 is 10.9 Å². The Balaban J connectivity index is 1.86. The third-order valence-electron chi connectivity index (χ3n) is 4.62. The normalized spacial score (nSPS) is 17.0. The largest absolute Gasteiger partial charge is 0.354 e. The minimum atomic E-state index is 0.416. The molecule has 0 bridgehead atoms. The van der Waals surface area contributed by atoms with Crippen LogP contribution in [0.1, 0.15) is 23.6 Å². The molecule has 0 saturated heterocycles. The van der Waals surface area contributed by atoms with Crippen molar-refractivity contribution in [3.05, 3.63) is 59.7 Å². The van der Waals surface area contributed by atoms with E-state index in [4.69, 9.17) is 5.73 Å². The molecule has 4 rings (SSSR count). The summed E-state index contributed by atoms with van der Waals surface area (Å²) < 4.78 is 0. The molecule has 1 aromatic heterocycles. The Hall–Kier alpha value is -2.10. The second-order valence-corrected chi connectivity index (χ2v) is 5.95. The third kappa shape index (κ3) is 2.14. The molecule has 4 N–H and O–H groups in total. The monoisotopic (exact) mass is 291 g/mol. The summed E-state index contributed by atoms with van der Waals surface area (Å²) in [7, 11) is 0. The van der Waals surface area contributed by atoms with E-state index in [2.05, 4.69) is 58.8 Å². The lowest BCUT2D eigenvalue weighted by molar-refractivity contribution is 0.503. The Bertz CT molecular complexity index is 789. The van der Waals surface area contributed by atoms with Crippen molar-refractivity contribution in [3.63, 3.8) is 0 Å². The van der Waals surface area contributed by atoms with Gasteiger partial charge in [-0.1, -0.05) is 42.5 Å². The molecular weight excluding hydrogens is 270 g/mol. The molecule has 2 aromatic carbocycles. The molecule has 0 radical (unpaired) electrons.